The monoisotopic (exact) mass is 343 g/mol. The molecule has 0 fully saturated rings. The second-order valence-electron chi connectivity index (χ2n) is 5.69. The van der Waals surface area contributed by atoms with Crippen LogP contribution in [0, 0.1) is 0 Å². The molecule has 1 amide bonds. The summed E-state index contributed by atoms with van der Waals surface area (Å²) in [6, 6.07) is 4.70. The van der Waals surface area contributed by atoms with Crippen LogP contribution in [0.1, 0.15) is 31.1 Å². The van der Waals surface area contributed by atoms with Crippen LogP contribution in [-0.2, 0) is 4.74 Å². The predicted octanol–water partition coefficient (Wildman–Crippen LogP) is 3.91. The summed E-state index contributed by atoms with van der Waals surface area (Å²) in [6.45, 7) is 4.97. The Hall–Kier alpha value is -2.08. The third-order valence-electron chi connectivity index (χ3n) is 2.55. The number of rotatable bonds is 6. The number of carbonyl (C=O) groups excluding carboxylic acids is 2. The zero-order chi connectivity index (χ0) is 17.5. The van der Waals surface area contributed by atoms with E-state index in [0.29, 0.717) is 12.6 Å². The fourth-order valence-corrected chi connectivity index (χ4v) is 1.75. The standard InChI is InChI=1S/C16H19ClFNO4/c1-16(2,3)23-15(21)19-8-11(7-18)10-22-13-6-4-5-12(9-20)14(13)17/h4-7,9H,8,10H2,1-3H3,(H,19,21)/b11-7+. The van der Waals surface area contributed by atoms with Gasteiger partial charge in [0.15, 0.2) is 6.29 Å². The fraction of sp³-hybridized carbons (Fsp3) is 0.375. The third-order valence-corrected chi connectivity index (χ3v) is 2.95. The van der Waals surface area contributed by atoms with E-state index < -0.39 is 11.7 Å². The molecule has 0 saturated heterocycles. The third kappa shape index (κ3) is 6.69. The number of alkyl carbamates (subject to hydrolysis) is 1. The molecule has 0 unspecified atom stereocenters. The molecule has 1 aromatic rings. The molecular weight excluding hydrogens is 325 g/mol. The van der Waals surface area contributed by atoms with Crippen molar-refractivity contribution in [1.29, 1.82) is 0 Å². The van der Waals surface area contributed by atoms with Gasteiger partial charge in [-0.15, -0.1) is 0 Å². The van der Waals surface area contributed by atoms with Gasteiger partial charge in [0.2, 0.25) is 0 Å². The molecule has 1 rings (SSSR count). The van der Waals surface area contributed by atoms with Crippen LogP contribution in [-0.4, -0.2) is 31.1 Å². The number of aldehydes is 1. The highest BCUT2D eigenvalue weighted by Crippen LogP contribution is 2.27. The maximum Gasteiger partial charge on any atom is 0.407 e. The summed E-state index contributed by atoms with van der Waals surface area (Å²) >= 11 is 5.98. The molecule has 1 aromatic carbocycles. The summed E-state index contributed by atoms with van der Waals surface area (Å²) in [7, 11) is 0. The van der Waals surface area contributed by atoms with Gasteiger partial charge in [0, 0.05) is 17.7 Å². The van der Waals surface area contributed by atoms with Gasteiger partial charge < -0.3 is 14.8 Å². The number of ether oxygens (including phenoxy) is 2. The first-order chi connectivity index (χ1) is 10.8. The van der Waals surface area contributed by atoms with Crippen molar-refractivity contribution in [2.75, 3.05) is 13.2 Å². The maximum atomic E-state index is 12.9. The summed E-state index contributed by atoms with van der Waals surface area (Å²) in [6.07, 6.45) is 0.290. The highest BCUT2D eigenvalue weighted by atomic mass is 35.5. The Labute approximate surface area is 139 Å². The van der Waals surface area contributed by atoms with Crippen molar-refractivity contribution >= 4 is 24.0 Å². The van der Waals surface area contributed by atoms with Crippen molar-refractivity contribution in [2.45, 2.75) is 26.4 Å². The lowest BCUT2D eigenvalue weighted by molar-refractivity contribution is 0.0531. The molecule has 0 radical (unpaired) electrons. The van der Waals surface area contributed by atoms with Crippen molar-refractivity contribution in [3.05, 3.63) is 40.7 Å². The molecule has 0 atom stereocenters. The van der Waals surface area contributed by atoms with Gasteiger partial charge in [0.05, 0.1) is 11.4 Å². The molecule has 0 aromatic heterocycles. The summed E-state index contributed by atoms with van der Waals surface area (Å²) in [5, 5.41) is 2.58. The van der Waals surface area contributed by atoms with Gasteiger partial charge in [-0.3, -0.25) is 4.79 Å². The summed E-state index contributed by atoms with van der Waals surface area (Å²) in [4.78, 5) is 22.3. The molecule has 0 heterocycles. The van der Waals surface area contributed by atoms with E-state index in [2.05, 4.69) is 5.32 Å². The molecule has 0 aliphatic carbocycles. The minimum absolute atomic E-state index is 0.0730. The van der Waals surface area contributed by atoms with Crippen LogP contribution in [0.15, 0.2) is 30.1 Å². The van der Waals surface area contributed by atoms with Crippen LogP contribution in [0.2, 0.25) is 5.02 Å². The number of hydrogen-bond acceptors (Lipinski definition) is 4. The lowest BCUT2D eigenvalue weighted by Gasteiger charge is -2.20. The number of carbonyl (C=O) groups is 2. The highest BCUT2D eigenvalue weighted by Gasteiger charge is 2.16. The van der Waals surface area contributed by atoms with E-state index in [1.54, 1.807) is 32.9 Å². The molecule has 23 heavy (non-hydrogen) atoms. The first kappa shape index (κ1) is 19.0. The molecule has 7 heteroatoms. The quantitative estimate of drug-likeness (QED) is 0.795. The summed E-state index contributed by atoms with van der Waals surface area (Å²) in [5.74, 6) is 0.257. The molecule has 0 saturated carbocycles. The van der Waals surface area contributed by atoms with Gasteiger partial charge in [-0.25, -0.2) is 9.18 Å². The van der Waals surface area contributed by atoms with Crippen LogP contribution in [0.5, 0.6) is 5.75 Å². The van der Waals surface area contributed by atoms with Gasteiger partial charge in [-0.2, -0.15) is 0 Å². The highest BCUT2D eigenvalue weighted by molar-refractivity contribution is 6.34. The molecule has 0 bridgehead atoms. The van der Waals surface area contributed by atoms with Crippen LogP contribution in [0.3, 0.4) is 0 Å². The van der Waals surface area contributed by atoms with Gasteiger partial charge >= 0.3 is 6.09 Å². The second-order valence-corrected chi connectivity index (χ2v) is 6.07. The Morgan fingerprint density at radius 2 is 2.09 bits per heavy atom. The van der Waals surface area contributed by atoms with Crippen molar-refractivity contribution in [3.63, 3.8) is 0 Å². The smallest absolute Gasteiger partial charge is 0.407 e. The van der Waals surface area contributed by atoms with E-state index in [4.69, 9.17) is 21.1 Å². The normalized spacial score (nSPS) is 11.8. The van der Waals surface area contributed by atoms with E-state index in [1.807, 2.05) is 0 Å². The zero-order valence-corrected chi connectivity index (χ0v) is 13.9. The number of hydrogen-bond donors (Lipinski definition) is 1. The molecule has 5 nitrogen and oxygen atoms in total. The Kier molecular flexibility index (Phi) is 7.03. The fourth-order valence-electron chi connectivity index (χ4n) is 1.52. The second kappa shape index (κ2) is 8.53. The van der Waals surface area contributed by atoms with Gasteiger partial charge in [0.1, 0.15) is 18.0 Å². The van der Waals surface area contributed by atoms with Crippen molar-refractivity contribution < 1.29 is 23.5 Å². The summed E-state index contributed by atoms with van der Waals surface area (Å²) < 4.78 is 23.3. The van der Waals surface area contributed by atoms with Gasteiger partial charge in [-0.05, 0) is 32.9 Å². The van der Waals surface area contributed by atoms with Crippen LogP contribution in [0.4, 0.5) is 9.18 Å². The molecule has 0 aliphatic rings. The van der Waals surface area contributed by atoms with Crippen molar-refractivity contribution in [3.8, 4) is 5.75 Å². The van der Waals surface area contributed by atoms with Crippen LogP contribution in [0.25, 0.3) is 0 Å². The molecule has 126 valence electrons. The maximum absolute atomic E-state index is 12.9. The first-order valence-electron chi connectivity index (χ1n) is 6.88. The Morgan fingerprint density at radius 1 is 1.39 bits per heavy atom. The van der Waals surface area contributed by atoms with Crippen molar-refractivity contribution in [1.82, 2.24) is 5.32 Å². The van der Waals surface area contributed by atoms with Gasteiger partial charge in [-0.1, -0.05) is 17.7 Å². The topological polar surface area (TPSA) is 64.6 Å². The SMILES string of the molecule is CC(C)(C)OC(=O)NC/C(=C\F)COc1cccc(C=O)c1Cl. The Balaban J connectivity index is 2.55. The largest absolute Gasteiger partial charge is 0.487 e. The molecule has 1 N–H and O–H groups in total. The minimum atomic E-state index is -0.655. The molecule has 0 spiro atoms. The number of amides is 1. The van der Waals surface area contributed by atoms with Crippen LogP contribution < -0.4 is 10.1 Å². The Morgan fingerprint density at radius 3 is 2.65 bits per heavy atom. The first-order valence-corrected chi connectivity index (χ1v) is 7.26. The lowest BCUT2D eigenvalue weighted by atomic mass is 10.2. The predicted molar refractivity (Wildman–Crippen MR) is 85.8 cm³/mol. The van der Waals surface area contributed by atoms with E-state index in [-0.39, 0.29) is 35.1 Å². The van der Waals surface area contributed by atoms with E-state index >= 15 is 0 Å². The minimum Gasteiger partial charge on any atom is -0.487 e. The summed E-state index contributed by atoms with van der Waals surface area (Å²) in [5.41, 5.74) is -0.173. The van der Waals surface area contributed by atoms with Crippen LogP contribution >= 0.6 is 11.6 Å². The molecule has 0 aliphatic heterocycles. The van der Waals surface area contributed by atoms with Gasteiger partial charge in [0.25, 0.3) is 0 Å². The lowest BCUT2D eigenvalue weighted by Crippen LogP contribution is -2.34. The van der Waals surface area contributed by atoms with E-state index in [1.165, 1.54) is 6.07 Å². The van der Waals surface area contributed by atoms with E-state index in [9.17, 15) is 14.0 Å². The molecular formula is C16H19ClFNO4. The number of nitrogens with one attached hydrogen (secondary N) is 1. The zero-order valence-electron chi connectivity index (χ0n) is 13.2. The van der Waals surface area contributed by atoms with Crippen molar-refractivity contribution in [2.24, 2.45) is 0 Å². The average molecular weight is 344 g/mol. The Bertz CT molecular complexity index is 596. The number of benzene rings is 1. The average Bonchev–Trinajstić information content (AvgIpc) is 2.47. The number of halogens is 2. The van der Waals surface area contributed by atoms with E-state index in [0.717, 1.165) is 0 Å².